The maximum atomic E-state index is 5.49. The number of aromatic amines is 1. The number of rotatable bonds is 2. The summed E-state index contributed by atoms with van der Waals surface area (Å²) < 4.78 is 3.20. The highest BCUT2D eigenvalue weighted by atomic mass is 32.1. The largest absolute Gasteiger partial charge is 0.337 e. The molecule has 0 amide bonds. The second kappa shape index (κ2) is 5.33. The van der Waals surface area contributed by atoms with Crippen LogP contribution in [-0.4, -0.2) is 9.55 Å². The molecular formula is C16H20N2S. The van der Waals surface area contributed by atoms with Crippen LogP contribution in [-0.2, 0) is 0 Å². The Hall–Kier alpha value is -1.35. The normalized spacial score (nSPS) is 16.7. The summed E-state index contributed by atoms with van der Waals surface area (Å²) in [5.74, 6) is 0. The van der Waals surface area contributed by atoms with Gasteiger partial charge in [0.05, 0.1) is 5.69 Å². The van der Waals surface area contributed by atoms with Crippen LogP contribution in [0.15, 0.2) is 30.5 Å². The number of H-pyrrole nitrogens is 1. The van der Waals surface area contributed by atoms with Gasteiger partial charge >= 0.3 is 0 Å². The minimum Gasteiger partial charge on any atom is -0.337 e. The lowest BCUT2D eigenvalue weighted by atomic mass is 9.95. The third-order valence-electron chi connectivity index (χ3n) is 4.10. The topological polar surface area (TPSA) is 20.7 Å². The van der Waals surface area contributed by atoms with Gasteiger partial charge in [0.15, 0.2) is 4.77 Å². The van der Waals surface area contributed by atoms with Crippen molar-refractivity contribution in [1.29, 1.82) is 0 Å². The second-order valence-corrected chi connectivity index (χ2v) is 5.89. The van der Waals surface area contributed by atoms with Crippen LogP contribution < -0.4 is 0 Å². The predicted molar refractivity (Wildman–Crippen MR) is 81.9 cm³/mol. The summed E-state index contributed by atoms with van der Waals surface area (Å²) in [7, 11) is 0. The molecule has 0 spiro atoms. The van der Waals surface area contributed by atoms with Crippen molar-refractivity contribution in [1.82, 2.24) is 9.55 Å². The standard InChI is InChI=1S/C16H20N2S/c1-12-7-9-13(10-8-12)15-11-17-16(19)18(15)14-5-3-2-4-6-14/h7-11,14H,2-6H2,1H3,(H,17,19). The number of aryl methyl sites for hydroxylation is 1. The van der Waals surface area contributed by atoms with E-state index in [9.17, 15) is 0 Å². The molecular weight excluding hydrogens is 252 g/mol. The Bertz CT molecular complexity index is 600. The van der Waals surface area contributed by atoms with E-state index in [0.29, 0.717) is 6.04 Å². The predicted octanol–water partition coefficient (Wildman–Crippen LogP) is 5.03. The van der Waals surface area contributed by atoms with Crippen molar-refractivity contribution in [2.45, 2.75) is 45.1 Å². The van der Waals surface area contributed by atoms with Crippen LogP contribution >= 0.6 is 12.2 Å². The van der Waals surface area contributed by atoms with Gasteiger partial charge in [-0.05, 0) is 37.5 Å². The smallest absolute Gasteiger partial charge is 0.177 e. The Morgan fingerprint density at radius 3 is 2.47 bits per heavy atom. The Morgan fingerprint density at radius 2 is 1.79 bits per heavy atom. The molecule has 1 aromatic heterocycles. The van der Waals surface area contributed by atoms with E-state index in [2.05, 4.69) is 46.9 Å². The van der Waals surface area contributed by atoms with Gasteiger partial charge in [-0.15, -0.1) is 0 Å². The first kappa shape index (κ1) is 12.7. The monoisotopic (exact) mass is 272 g/mol. The Kier molecular flexibility index (Phi) is 3.56. The Labute approximate surface area is 119 Å². The van der Waals surface area contributed by atoms with Gasteiger partial charge in [-0.3, -0.25) is 0 Å². The van der Waals surface area contributed by atoms with Gasteiger partial charge in [-0.25, -0.2) is 0 Å². The van der Waals surface area contributed by atoms with Crippen LogP contribution in [0.3, 0.4) is 0 Å². The first-order chi connectivity index (χ1) is 9.25. The van der Waals surface area contributed by atoms with Crippen LogP contribution in [0.4, 0.5) is 0 Å². The molecule has 0 radical (unpaired) electrons. The fourth-order valence-corrected chi connectivity index (χ4v) is 3.33. The molecule has 2 nitrogen and oxygen atoms in total. The van der Waals surface area contributed by atoms with Gasteiger partial charge in [0, 0.05) is 12.2 Å². The van der Waals surface area contributed by atoms with Gasteiger partial charge in [-0.2, -0.15) is 0 Å². The van der Waals surface area contributed by atoms with Crippen molar-refractivity contribution >= 4 is 12.2 Å². The van der Waals surface area contributed by atoms with E-state index in [-0.39, 0.29) is 0 Å². The average molecular weight is 272 g/mol. The molecule has 2 aromatic rings. The fourth-order valence-electron chi connectivity index (χ4n) is 3.03. The summed E-state index contributed by atoms with van der Waals surface area (Å²) in [5.41, 5.74) is 3.78. The third kappa shape index (κ3) is 2.52. The summed E-state index contributed by atoms with van der Waals surface area (Å²) in [4.78, 5) is 3.23. The Balaban J connectivity index is 2.02. The molecule has 1 saturated carbocycles. The summed E-state index contributed by atoms with van der Waals surface area (Å²) >= 11 is 5.49. The molecule has 1 aliphatic carbocycles. The molecule has 3 rings (SSSR count). The molecule has 1 aromatic carbocycles. The first-order valence-corrected chi connectivity index (χ1v) is 7.53. The minimum absolute atomic E-state index is 0.573. The van der Waals surface area contributed by atoms with Gasteiger partial charge in [0.1, 0.15) is 0 Å². The molecule has 100 valence electrons. The van der Waals surface area contributed by atoms with Crippen molar-refractivity contribution in [2.24, 2.45) is 0 Å². The lowest BCUT2D eigenvalue weighted by Gasteiger charge is -2.25. The zero-order chi connectivity index (χ0) is 13.2. The SMILES string of the molecule is Cc1ccc(-c2c[nH]c(=S)n2C2CCCCC2)cc1. The van der Waals surface area contributed by atoms with Gasteiger partial charge in [0.25, 0.3) is 0 Å². The number of benzene rings is 1. The molecule has 0 aliphatic heterocycles. The van der Waals surface area contributed by atoms with E-state index in [0.717, 1.165) is 4.77 Å². The lowest BCUT2D eigenvalue weighted by molar-refractivity contribution is 0.353. The first-order valence-electron chi connectivity index (χ1n) is 7.12. The van der Waals surface area contributed by atoms with E-state index < -0.39 is 0 Å². The minimum atomic E-state index is 0.573. The van der Waals surface area contributed by atoms with Crippen molar-refractivity contribution in [3.63, 3.8) is 0 Å². The number of aromatic nitrogens is 2. The highest BCUT2D eigenvalue weighted by Gasteiger charge is 2.19. The van der Waals surface area contributed by atoms with E-state index in [4.69, 9.17) is 12.2 Å². The maximum Gasteiger partial charge on any atom is 0.177 e. The zero-order valence-electron chi connectivity index (χ0n) is 11.4. The van der Waals surface area contributed by atoms with Crippen LogP contribution in [0.25, 0.3) is 11.3 Å². The quantitative estimate of drug-likeness (QED) is 0.761. The average Bonchev–Trinajstić information content (AvgIpc) is 2.82. The number of hydrogen-bond acceptors (Lipinski definition) is 1. The molecule has 19 heavy (non-hydrogen) atoms. The van der Waals surface area contributed by atoms with E-state index >= 15 is 0 Å². The number of nitrogens with zero attached hydrogens (tertiary/aromatic N) is 1. The summed E-state index contributed by atoms with van der Waals surface area (Å²) in [6, 6.07) is 9.27. The van der Waals surface area contributed by atoms with E-state index in [1.54, 1.807) is 0 Å². The summed E-state index contributed by atoms with van der Waals surface area (Å²) in [5, 5.41) is 0. The van der Waals surface area contributed by atoms with E-state index in [1.165, 1.54) is 48.9 Å². The summed E-state index contributed by atoms with van der Waals surface area (Å²) in [6.45, 7) is 2.12. The van der Waals surface area contributed by atoms with Crippen LogP contribution in [0.5, 0.6) is 0 Å². The molecule has 0 atom stereocenters. The van der Waals surface area contributed by atoms with Gasteiger partial charge in [0.2, 0.25) is 0 Å². The number of imidazole rings is 1. The zero-order valence-corrected chi connectivity index (χ0v) is 12.2. The van der Waals surface area contributed by atoms with Crippen LogP contribution in [0.2, 0.25) is 0 Å². The molecule has 1 N–H and O–H groups in total. The molecule has 0 bridgehead atoms. The lowest BCUT2D eigenvalue weighted by Crippen LogP contribution is -2.13. The van der Waals surface area contributed by atoms with Crippen molar-refractivity contribution < 1.29 is 0 Å². The Morgan fingerprint density at radius 1 is 1.11 bits per heavy atom. The molecule has 3 heteroatoms. The van der Waals surface area contributed by atoms with E-state index in [1.807, 2.05) is 0 Å². The molecule has 1 fully saturated rings. The highest BCUT2D eigenvalue weighted by Crippen LogP contribution is 2.32. The molecule has 0 unspecified atom stereocenters. The van der Waals surface area contributed by atoms with Gasteiger partial charge in [-0.1, -0.05) is 49.1 Å². The second-order valence-electron chi connectivity index (χ2n) is 5.51. The molecule has 0 saturated heterocycles. The van der Waals surface area contributed by atoms with Gasteiger partial charge < -0.3 is 9.55 Å². The highest BCUT2D eigenvalue weighted by molar-refractivity contribution is 7.71. The van der Waals surface area contributed by atoms with Crippen LogP contribution in [0.1, 0.15) is 43.7 Å². The number of hydrogen-bond donors (Lipinski definition) is 1. The third-order valence-corrected chi connectivity index (χ3v) is 4.41. The van der Waals surface area contributed by atoms with Crippen LogP contribution in [0, 0.1) is 11.7 Å². The van der Waals surface area contributed by atoms with Crippen molar-refractivity contribution in [3.05, 3.63) is 40.8 Å². The van der Waals surface area contributed by atoms with Crippen molar-refractivity contribution in [2.75, 3.05) is 0 Å². The maximum absolute atomic E-state index is 5.49. The molecule has 1 aliphatic rings. The molecule has 1 heterocycles. The summed E-state index contributed by atoms with van der Waals surface area (Å²) in [6.07, 6.45) is 8.58. The number of nitrogens with one attached hydrogen (secondary N) is 1. The van der Waals surface area contributed by atoms with Crippen molar-refractivity contribution in [3.8, 4) is 11.3 Å². The fraction of sp³-hybridized carbons (Fsp3) is 0.438.